The molecule has 1 N–H and O–H groups in total. The number of nitro benzene ring substituents is 1. The van der Waals surface area contributed by atoms with E-state index < -0.39 is 11.0 Å². The predicted octanol–water partition coefficient (Wildman–Crippen LogP) is 1.58. The molecule has 1 heterocycles. The van der Waals surface area contributed by atoms with Crippen molar-refractivity contribution in [3.05, 3.63) is 39.4 Å². The Hall–Kier alpha value is -2.48. The van der Waals surface area contributed by atoms with Crippen molar-refractivity contribution in [2.24, 2.45) is 0 Å². The normalized spacial score (nSPS) is 17.1. The van der Waals surface area contributed by atoms with E-state index in [1.165, 1.54) is 23.1 Å². The van der Waals surface area contributed by atoms with Gasteiger partial charge in [-0.3, -0.25) is 24.5 Å². The number of nitrogens with zero attached hydrogens (tertiary/aromatic N) is 2. The Morgan fingerprint density at radius 2 is 2.22 bits per heavy atom. The van der Waals surface area contributed by atoms with Crippen LogP contribution in [0.1, 0.15) is 35.7 Å². The molecular weight excluding hydrogens is 302 g/mol. The van der Waals surface area contributed by atoms with Crippen LogP contribution >= 0.6 is 0 Å². The third-order valence-corrected chi connectivity index (χ3v) is 3.77. The smallest absolute Gasteiger partial charge is 0.272 e. The average Bonchev–Trinajstić information content (AvgIpc) is 3.00. The van der Waals surface area contributed by atoms with Crippen LogP contribution in [0.5, 0.6) is 0 Å². The van der Waals surface area contributed by atoms with Crippen molar-refractivity contribution in [3.8, 4) is 0 Å². The summed E-state index contributed by atoms with van der Waals surface area (Å²) in [5.41, 5.74) is 3.04. The molecule has 1 fully saturated rings. The third kappa shape index (κ3) is 3.65. The molecule has 0 aliphatic carbocycles. The average molecular weight is 321 g/mol. The molecule has 0 bridgehead atoms. The van der Waals surface area contributed by atoms with Crippen molar-refractivity contribution >= 4 is 17.5 Å². The molecular formula is C15H19N3O5. The van der Waals surface area contributed by atoms with Crippen LogP contribution in [0.4, 0.5) is 5.69 Å². The lowest BCUT2D eigenvalue weighted by Crippen LogP contribution is -2.45. The second-order valence-corrected chi connectivity index (χ2v) is 5.31. The van der Waals surface area contributed by atoms with E-state index in [9.17, 15) is 19.7 Å². The molecule has 1 aliphatic rings. The predicted molar refractivity (Wildman–Crippen MR) is 81.7 cm³/mol. The number of hydroxylamine groups is 1. The summed E-state index contributed by atoms with van der Waals surface area (Å²) < 4.78 is 0. The highest BCUT2D eigenvalue weighted by atomic mass is 16.6. The zero-order chi connectivity index (χ0) is 17.0. The van der Waals surface area contributed by atoms with E-state index in [4.69, 9.17) is 4.84 Å². The number of nitro groups is 1. The zero-order valence-electron chi connectivity index (χ0n) is 13.1. The number of carbonyl (C=O) groups is 2. The molecule has 1 aromatic rings. The molecule has 0 radical (unpaired) electrons. The molecule has 23 heavy (non-hydrogen) atoms. The van der Waals surface area contributed by atoms with Gasteiger partial charge < -0.3 is 4.90 Å². The van der Waals surface area contributed by atoms with Gasteiger partial charge in [0.05, 0.1) is 11.5 Å². The summed E-state index contributed by atoms with van der Waals surface area (Å²) in [5, 5.41) is 10.8. The summed E-state index contributed by atoms with van der Waals surface area (Å²) in [5.74, 6) is -0.659. The van der Waals surface area contributed by atoms with Gasteiger partial charge in [-0.2, -0.15) is 0 Å². The highest BCUT2D eigenvalue weighted by molar-refractivity contribution is 5.98. The number of aryl methyl sites for hydroxylation is 1. The lowest BCUT2D eigenvalue weighted by atomic mass is 10.1. The van der Waals surface area contributed by atoms with Crippen molar-refractivity contribution in [1.82, 2.24) is 10.4 Å². The van der Waals surface area contributed by atoms with Crippen LogP contribution in [0.25, 0.3) is 0 Å². The van der Waals surface area contributed by atoms with Crippen molar-refractivity contribution < 1.29 is 19.3 Å². The first-order valence-electron chi connectivity index (χ1n) is 7.43. The summed E-state index contributed by atoms with van der Waals surface area (Å²) >= 11 is 0. The first kappa shape index (κ1) is 16.9. The molecule has 2 rings (SSSR count). The van der Waals surface area contributed by atoms with Gasteiger partial charge in [0.1, 0.15) is 6.04 Å². The van der Waals surface area contributed by atoms with Gasteiger partial charge in [-0.1, -0.05) is 0 Å². The van der Waals surface area contributed by atoms with Gasteiger partial charge >= 0.3 is 0 Å². The van der Waals surface area contributed by atoms with Crippen LogP contribution in [0.3, 0.4) is 0 Å². The first-order valence-corrected chi connectivity index (χ1v) is 7.43. The minimum atomic E-state index is -0.579. The number of hydrogen-bond acceptors (Lipinski definition) is 5. The van der Waals surface area contributed by atoms with Gasteiger partial charge in [-0.05, 0) is 38.8 Å². The number of amides is 2. The fourth-order valence-corrected chi connectivity index (χ4v) is 2.65. The Morgan fingerprint density at radius 3 is 2.83 bits per heavy atom. The van der Waals surface area contributed by atoms with Crippen LogP contribution < -0.4 is 5.48 Å². The third-order valence-electron chi connectivity index (χ3n) is 3.77. The first-order chi connectivity index (χ1) is 11.0. The molecule has 1 aliphatic heterocycles. The monoisotopic (exact) mass is 321 g/mol. The van der Waals surface area contributed by atoms with Crippen LogP contribution in [-0.2, 0) is 9.63 Å². The Balaban J connectivity index is 2.17. The molecule has 1 unspecified atom stereocenters. The molecule has 0 spiro atoms. The highest BCUT2D eigenvalue weighted by Crippen LogP contribution is 2.23. The summed E-state index contributed by atoms with van der Waals surface area (Å²) in [4.78, 5) is 41.4. The van der Waals surface area contributed by atoms with Crippen molar-refractivity contribution in [3.63, 3.8) is 0 Å². The number of carbonyl (C=O) groups excluding carboxylic acids is 2. The fraction of sp³-hybridized carbons (Fsp3) is 0.467. The summed E-state index contributed by atoms with van der Waals surface area (Å²) in [6.07, 6.45) is 1.29. The summed E-state index contributed by atoms with van der Waals surface area (Å²) in [7, 11) is 0. The lowest BCUT2D eigenvalue weighted by molar-refractivity contribution is -0.385. The molecule has 8 heteroatoms. The fourth-order valence-electron chi connectivity index (χ4n) is 2.65. The zero-order valence-corrected chi connectivity index (χ0v) is 13.1. The van der Waals surface area contributed by atoms with Crippen molar-refractivity contribution in [2.75, 3.05) is 13.2 Å². The van der Waals surface area contributed by atoms with Gasteiger partial charge in [0.25, 0.3) is 17.5 Å². The van der Waals surface area contributed by atoms with E-state index in [2.05, 4.69) is 5.48 Å². The summed E-state index contributed by atoms with van der Waals surface area (Å²) in [6, 6.07) is 3.64. The maximum Gasteiger partial charge on any atom is 0.272 e. The standard InChI is InChI=1S/C15H19N3O5/c1-3-23-16-14(19)13-5-4-8-17(13)15(20)11-6-7-12(18(21)22)10(2)9-11/h6-7,9,13H,3-5,8H2,1-2H3,(H,16,19). The largest absolute Gasteiger partial charge is 0.327 e. The van der Waals surface area contributed by atoms with E-state index in [1.807, 2.05) is 0 Å². The van der Waals surface area contributed by atoms with Crippen LogP contribution in [0.15, 0.2) is 18.2 Å². The number of hydrogen-bond donors (Lipinski definition) is 1. The lowest BCUT2D eigenvalue weighted by Gasteiger charge is -2.23. The second-order valence-electron chi connectivity index (χ2n) is 5.31. The van der Waals surface area contributed by atoms with E-state index in [1.54, 1.807) is 13.8 Å². The van der Waals surface area contributed by atoms with Crippen LogP contribution in [0, 0.1) is 17.0 Å². The molecule has 1 saturated heterocycles. The number of likely N-dealkylation sites (tertiary alicyclic amines) is 1. The Kier molecular flexibility index (Phi) is 5.28. The van der Waals surface area contributed by atoms with Crippen LogP contribution in [-0.4, -0.2) is 40.8 Å². The van der Waals surface area contributed by atoms with Gasteiger partial charge in [0, 0.05) is 23.7 Å². The molecule has 0 aromatic heterocycles. The number of rotatable bonds is 5. The van der Waals surface area contributed by atoms with E-state index >= 15 is 0 Å². The molecule has 1 aromatic carbocycles. The molecule has 124 valence electrons. The summed E-state index contributed by atoms with van der Waals surface area (Å²) in [6.45, 7) is 4.14. The van der Waals surface area contributed by atoms with Gasteiger partial charge in [0.15, 0.2) is 0 Å². The molecule has 8 nitrogen and oxygen atoms in total. The number of nitrogens with one attached hydrogen (secondary N) is 1. The quantitative estimate of drug-likeness (QED) is 0.655. The van der Waals surface area contributed by atoms with E-state index in [-0.39, 0.29) is 17.5 Å². The topological polar surface area (TPSA) is 102 Å². The minimum Gasteiger partial charge on any atom is -0.327 e. The van der Waals surface area contributed by atoms with Crippen molar-refractivity contribution in [2.45, 2.75) is 32.7 Å². The SMILES string of the molecule is CCONC(=O)C1CCCN1C(=O)c1ccc([N+](=O)[O-])c(C)c1. The molecule has 0 saturated carbocycles. The Morgan fingerprint density at radius 1 is 1.48 bits per heavy atom. The van der Waals surface area contributed by atoms with E-state index in [0.717, 1.165) is 6.42 Å². The Labute approximate surface area is 133 Å². The van der Waals surface area contributed by atoms with Crippen molar-refractivity contribution in [1.29, 1.82) is 0 Å². The second kappa shape index (κ2) is 7.19. The molecule has 2 amide bonds. The van der Waals surface area contributed by atoms with Gasteiger partial charge in [-0.25, -0.2) is 5.48 Å². The maximum absolute atomic E-state index is 12.6. The van der Waals surface area contributed by atoms with E-state index in [0.29, 0.717) is 30.7 Å². The highest BCUT2D eigenvalue weighted by Gasteiger charge is 2.35. The maximum atomic E-state index is 12.6. The van der Waals surface area contributed by atoms with Gasteiger partial charge in [0.2, 0.25) is 0 Å². The minimum absolute atomic E-state index is 0.0337. The van der Waals surface area contributed by atoms with Gasteiger partial charge in [-0.15, -0.1) is 0 Å². The Bertz CT molecular complexity index is 632. The molecule has 1 atom stereocenters. The van der Waals surface area contributed by atoms with Crippen LogP contribution in [0.2, 0.25) is 0 Å². The number of benzene rings is 1.